The van der Waals surface area contributed by atoms with Gasteiger partial charge in [-0.2, -0.15) is 4.98 Å². The minimum atomic E-state index is -3.75. The van der Waals surface area contributed by atoms with E-state index in [4.69, 9.17) is 17.1 Å². The van der Waals surface area contributed by atoms with Gasteiger partial charge in [-0.15, -0.1) is 0 Å². The Balaban J connectivity index is 1.43. The summed E-state index contributed by atoms with van der Waals surface area (Å²) in [7, 11) is -3.75. The third-order valence-corrected chi connectivity index (χ3v) is 6.61. The Labute approximate surface area is 232 Å². The maximum absolute atomic E-state index is 12.8. The lowest BCUT2D eigenvalue weighted by molar-refractivity contribution is 0.238. The number of ether oxygens (including phenoxy) is 1. The lowest BCUT2D eigenvalue weighted by Gasteiger charge is -2.20. The largest absolute Gasteiger partial charge is 0.492 e. The molecule has 1 unspecified atom stereocenters. The second kappa shape index (κ2) is 11.5. The summed E-state index contributed by atoms with van der Waals surface area (Å²) in [5, 5.41) is 6.16. The van der Waals surface area contributed by atoms with Crippen molar-refractivity contribution in [1.82, 2.24) is 19.6 Å². The zero-order chi connectivity index (χ0) is 34.5. The molecule has 1 fully saturated rings. The standard InChI is InChI=1S/C27H36N6O3S/c1-20-19-28-26(30-21-10-12-23(13-11-21)36-17-16-33-14-5-6-15-33)31-25(20)29-22-8-7-9-24(18-22)37(34,35)32-27(2,3)4/h7-13,18-19,32H,5-6,14-17H2,1-4H3,(H2,28,29,30,31)/i5D2,6D2,14D2,15D2,17D. The molecule has 0 aliphatic carbocycles. The van der Waals surface area contributed by atoms with Crippen LogP contribution in [0.25, 0.3) is 0 Å². The normalized spacial score (nSPS) is 24.4. The summed E-state index contributed by atoms with van der Waals surface area (Å²) < 4.78 is 106. The molecule has 0 radical (unpaired) electrons. The van der Waals surface area contributed by atoms with E-state index in [1.54, 1.807) is 58.2 Å². The number of likely N-dealkylation sites (tertiary alicyclic amines) is 1. The molecule has 0 spiro atoms. The molecular weight excluding hydrogens is 488 g/mol. The predicted octanol–water partition coefficient (Wildman–Crippen LogP) is 4.82. The van der Waals surface area contributed by atoms with Crippen molar-refractivity contribution in [2.24, 2.45) is 0 Å². The number of aryl methyl sites for hydroxylation is 1. The molecular formula is C27H36N6O3S. The minimum absolute atomic E-state index is 0.0920. The first-order valence-electron chi connectivity index (χ1n) is 16.0. The van der Waals surface area contributed by atoms with Gasteiger partial charge in [-0.05, 0) is 95.9 Å². The van der Waals surface area contributed by atoms with Crippen LogP contribution in [0.15, 0.2) is 59.6 Å². The molecule has 0 amide bonds. The van der Waals surface area contributed by atoms with Gasteiger partial charge in [0.15, 0.2) is 0 Å². The lowest BCUT2D eigenvalue weighted by atomic mass is 10.1. The lowest BCUT2D eigenvalue weighted by Crippen LogP contribution is -2.40. The van der Waals surface area contributed by atoms with Crippen LogP contribution in [0.4, 0.5) is 23.1 Å². The fourth-order valence-electron chi connectivity index (χ4n) is 3.23. The SMILES string of the molecule is [2H]C(CN1C([2H])([2H])C([2H])([2H])C([2H])([2H])C1([2H])[2H])Oc1ccc(Nc2ncc(C)c(Nc3cccc(S(=O)(=O)NC(C)(C)C)c3)n2)cc1. The zero-order valence-corrected chi connectivity index (χ0v) is 21.8. The van der Waals surface area contributed by atoms with E-state index in [1.165, 1.54) is 24.3 Å². The number of nitrogens with zero attached hydrogens (tertiary/aromatic N) is 3. The summed E-state index contributed by atoms with van der Waals surface area (Å²) in [5.74, 6) is 0.837. The first kappa shape index (κ1) is 17.3. The van der Waals surface area contributed by atoms with Crippen molar-refractivity contribution in [2.75, 3.05) is 36.8 Å². The van der Waals surface area contributed by atoms with Crippen molar-refractivity contribution >= 4 is 33.2 Å². The van der Waals surface area contributed by atoms with Crippen LogP contribution in [0.3, 0.4) is 0 Å². The molecule has 0 bridgehead atoms. The highest BCUT2D eigenvalue weighted by Crippen LogP contribution is 2.24. The molecule has 1 aliphatic rings. The number of sulfonamides is 1. The van der Waals surface area contributed by atoms with Gasteiger partial charge in [0.25, 0.3) is 0 Å². The number of hydrogen-bond acceptors (Lipinski definition) is 8. The Hall–Kier alpha value is -3.21. The van der Waals surface area contributed by atoms with Gasteiger partial charge in [-0.25, -0.2) is 18.1 Å². The van der Waals surface area contributed by atoms with E-state index in [2.05, 4.69) is 25.3 Å². The Morgan fingerprint density at radius 2 is 1.81 bits per heavy atom. The van der Waals surface area contributed by atoms with Crippen molar-refractivity contribution in [3.8, 4) is 5.75 Å². The molecule has 1 atom stereocenters. The van der Waals surface area contributed by atoms with Gasteiger partial charge >= 0.3 is 0 Å². The van der Waals surface area contributed by atoms with E-state index in [0.717, 1.165) is 0 Å². The number of nitrogens with one attached hydrogen (secondary N) is 3. The molecule has 37 heavy (non-hydrogen) atoms. The fourth-order valence-corrected chi connectivity index (χ4v) is 4.70. The third kappa shape index (κ3) is 7.88. The predicted molar refractivity (Wildman–Crippen MR) is 147 cm³/mol. The molecule has 0 saturated carbocycles. The monoisotopic (exact) mass is 533 g/mol. The van der Waals surface area contributed by atoms with Crippen molar-refractivity contribution in [3.63, 3.8) is 0 Å². The molecule has 2 heterocycles. The van der Waals surface area contributed by atoms with Crippen LogP contribution in [-0.2, 0) is 10.0 Å². The van der Waals surface area contributed by atoms with Crippen molar-refractivity contribution < 1.29 is 25.5 Å². The highest BCUT2D eigenvalue weighted by Gasteiger charge is 2.22. The van der Waals surface area contributed by atoms with Crippen LogP contribution in [0, 0.1) is 6.92 Å². The molecule has 10 heteroatoms. The van der Waals surface area contributed by atoms with Gasteiger partial charge in [0.1, 0.15) is 18.2 Å². The van der Waals surface area contributed by atoms with Crippen molar-refractivity contribution in [3.05, 3.63) is 60.3 Å². The third-order valence-electron chi connectivity index (χ3n) is 4.85. The van der Waals surface area contributed by atoms with Crippen molar-refractivity contribution in [2.45, 2.75) is 50.9 Å². The smallest absolute Gasteiger partial charge is 0.241 e. The van der Waals surface area contributed by atoms with E-state index in [-0.39, 0.29) is 16.6 Å². The minimum Gasteiger partial charge on any atom is -0.492 e. The Morgan fingerprint density at radius 3 is 2.51 bits per heavy atom. The average Bonchev–Trinajstić information content (AvgIpc) is 2.99. The number of aromatic nitrogens is 2. The molecule has 3 aromatic rings. The number of benzene rings is 2. The fraction of sp³-hybridized carbons (Fsp3) is 0.407. The first-order chi connectivity index (χ1) is 21.0. The van der Waals surface area contributed by atoms with Gasteiger partial charge in [0.05, 0.1) is 6.27 Å². The molecule has 3 N–H and O–H groups in total. The van der Waals surface area contributed by atoms with Crippen molar-refractivity contribution in [1.29, 1.82) is 0 Å². The molecule has 2 aromatic carbocycles. The molecule has 1 aromatic heterocycles. The quantitative estimate of drug-likeness (QED) is 0.340. The van der Waals surface area contributed by atoms with Crippen LogP contribution in [-0.4, -0.2) is 54.9 Å². The highest BCUT2D eigenvalue weighted by atomic mass is 32.2. The summed E-state index contributed by atoms with van der Waals surface area (Å²) in [6.45, 7) is -1.34. The molecule has 1 aliphatic heterocycles. The van der Waals surface area contributed by atoms with Gasteiger partial charge in [0.2, 0.25) is 16.0 Å². The topological polar surface area (TPSA) is 108 Å². The van der Waals surface area contributed by atoms with E-state index in [1.807, 2.05) is 0 Å². The summed E-state index contributed by atoms with van der Waals surface area (Å²) in [6.07, 6.45) is -4.78. The molecule has 4 rings (SSSR count). The zero-order valence-electron chi connectivity index (χ0n) is 30.0. The first-order valence-corrected chi connectivity index (χ1v) is 12.9. The van der Waals surface area contributed by atoms with Crippen LogP contribution in [0.5, 0.6) is 5.75 Å². The van der Waals surface area contributed by atoms with Crippen LogP contribution < -0.4 is 20.1 Å². The summed E-state index contributed by atoms with van der Waals surface area (Å²) in [6, 6.07) is 12.5. The van der Waals surface area contributed by atoms with Gasteiger partial charge < -0.3 is 15.4 Å². The number of rotatable bonds is 10. The van der Waals surface area contributed by atoms with Gasteiger partial charge in [-0.1, -0.05) is 6.07 Å². The molecule has 198 valence electrons. The van der Waals surface area contributed by atoms with E-state index < -0.39 is 54.4 Å². The summed E-state index contributed by atoms with van der Waals surface area (Å²) in [4.78, 5) is 9.23. The van der Waals surface area contributed by atoms with Crippen LogP contribution in [0.1, 0.15) is 51.4 Å². The van der Waals surface area contributed by atoms with E-state index >= 15 is 0 Å². The maximum Gasteiger partial charge on any atom is 0.241 e. The molecule has 1 saturated heterocycles. The maximum atomic E-state index is 12.8. The number of hydrogen-bond donors (Lipinski definition) is 3. The van der Waals surface area contributed by atoms with E-state index in [9.17, 15) is 8.42 Å². The highest BCUT2D eigenvalue weighted by molar-refractivity contribution is 7.89. The van der Waals surface area contributed by atoms with Gasteiger partial charge in [-0.3, -0.25) is 4.90 Å². The van der Waals surface area contributed by atoms with Crippen LogP contribution >= 0.6 is 0 Å². The second-order valence-electron chi connectivity index (χ2n) is 9.25. The molecule has 9 nitrogen and oxygen atoms in total. The summed E-state index contributed by atoms with van der Waals surface area (Å²) >= 11 is 0. The van der Waals surface area contributed by atoms with Gasteiger partial charge in [0, 0.05) is 46.2 Å². The Kier molecular flexibility index (Phi) is 5.36. The Bertz CT molecular complexity index is 1660. The number of anilines is 4. The summed E-state index contributed by atoms with van der Waals surface area (Å²) in [5.41, 5.74) is 1.08. The van der Waals surface area contributed by atoms with E-state index in [0.29, 0.717) is 27.7 Å². The Morgan fingerprint density at radius 1 is 1.08 bits per heavy atom. The van der Waals surface area contributed by atoms with Crippen LogP contribution in [0.2, 0.25) is 0 Å². The second-order valence-corrected chi connectivity index (χ2v) is 10.9. The average molecular weight is 534 g/mol.